The van der Waals surface area contributed by atoms with Gasteiger partial charge >= 0.3 is 5.97 Å². The van der Waals surface area contributed by atoms with E-state index in [2.05, 4.69) is 0 Å². The first-order chi connectivity index (χ1) is 8.60. The first kappa shape index (κ1) is 13.0. The molecular formula is C14H16ClNO2. The molecule has 0 fully saturated rings. The molecule has 0 atom stereocenters. The number of carboxylic acids is 1. The fourth-order valence-electron chi connectivity index (χ4n) is 2.24. The van der Waals surface area contributed by atoms with E-state index in [4.69, 9.17) is 11.6 Å². The lowest BCUT2D eigenvalue weighted by molar-refractivity contribution is 0.0699. The van der Waals surface area contributed by atoms with E-state index in [1.54, 1.807) is 0 Å². The number of carboxylic acid groups (broad SMARTS) is 1. The van der Waals surface area contributed by atoms with Crippen molar-refractivity contribution in [2.45, 2.75) is 33.2 Å². The van der Waals surface area contributed by atoms with Gasteiger partial charge in [-0.05, 0) is 30.5 Å². The van der Waals surface area contributed by atoms with E-state index in [1.165, 1.54) is 0 Å². The lowest BCUT2D eigenvalue weighted by Crippen LogP contribution is -1.99. The minimum atomic E-state index is -0.965. The summed E-state index contributed by atoms with van der Waals surface area (Å²) in [6, 6.07) is 5.91. The van der Waals surface area contributed by atoms with Crippen molar-refractivity contribution in [1.29, 1.82) is 0 Å². The molecule has 0 saturated heterocycles. The van der Waals surface area contributed by atoms with E-state index < -0.39 is 5.97 Å². The van der Waals surface area contributed by atoms with Gasteiger partial charge in [-0.1, -0.05) is 31.5 Å². The summed E-state index contributed by atoms with van der Waals surface area (Å²) < 4.78 is 1.87. The van der Waals surface area contributed by atoms with E-state index in [9.17, 15) is 9.90 Å². The minimum absolute atomic E-state index is 0.218. The van der Waals surface area contributed by atoms with Crippen LogP contribution in [-0.4, -0.2) is 15.6 Å². The highest BCUT2D eigenvalue weighted by Gasteiger charge is 2.20. The van der Waals surface area contributed by atoms with Gasteiger partial charge in [0.1, 0.15) is 10.7 Å². The molecule has 0 unspecified atom stereocenters. The highest BCUT2D eigenvalue weighted by molar-refractivity contribution is 6.35. The highest BCUT2D eigenvalue weighted by Crippen LogP contribution is 2.31. The minimum Gasteiger partial charge on any atom is -0.478 e. The first-order valence-corrected chi connectivity index (χ1v) is 6.51. The van der Waals surface area contributed by atoms with Crippen molar-refractivity contribution in [3.8, 4) is 0 Å². The normalized spacial score (nSPS) is 11.1. The third kappa shape index (κ3) is 1.99. The van der Waals surface area contributed by atoms with E-state index in [-0.39, 0.29) is 5.56 Å². The van der Waals surface area contributed by atoms with Crippen LogP contribution in [0.1, 0.15) is 36.2 Å². The quantitative estimate of drug-likeness (QED) is 0.909. The summed E-state index contributed by atoms with van der Waals surface area (Å²) in [7, 11) is 0. The van der Waals surface area contributed by atoms with Crippen LogP contribution >= 0.6 is 11.6 Å². The second-order valence-electron chi connectivity index (χ2n) is 4.33. The highest BCUT2D eigenvalue weighted by atomic mass is 35.5. The Balaban J connectivity index is 2.79. The van der Waals surface area contributed by atoms with E-state index >= 15 is 0 Å². The molecule has 0 radical (unpaired) electrons. The summed E-state index contributed by atoms with van der Waals surface area (Å²) in [6.45, 7) is 4.82. The third-order valence-corrected chi connectivity index (χ3v) is 3.53. The molecule has 1 aromatic carbocycles. The molecule has 0 aliphatic carbocycles. The van der Waals surface area contributed by atoms with Crippen molar-refractivity contribution in [3.63, 3.8) is 0 Å². The molecule has 1 N–H and O–H groups in total. The number of hydrogen-bond donors (Lipinski definition) is 1. The maximum atomic E-state index is 11.4. The molecule has 0 aliphatic rings. The maximum absolute atomic E-state index is 11.4. The van der Waals surface area contributed by atoms with Crippen LogP contribution in [0.3, 0.4) is 0 Å². The molecule has 0 spiro atoms. The molecule has 0 bridgehead atoms. The molecule has 0 aliphatic heterocycles. The number of fused-ring (bicyclic) bond motifs is 1. The van der Waals surface area contributed by atoms with E-state index in [0.717, 1.165) is 35.9 Å². The zero-order chi connectivity index (χ0) is 13.3. The average Bonchev–Trinajstić information content (AvgIpc) is 2.62. The smallest absolute Gasteiger partial charge is 0.339 e. The fourth-order valence-corrected chi connectivity index (χ4v) is 2.59. The Bertz CT molecular complexity index is 601. The zero-order valence-electron chi connectivity index (χ0n) is 10.5. The number of rotatable bonds is 4. The van der Waals surface area contributed by atoms with Gasteiger partial charge in [0, 0.05) is 11.9 Å². The molecular weight excluding hydrogens is 250 g/mol. The number of hydrogen-bond acceptors (Lipinski definition) is 1. The Hall–Kier alpha value is -1.48. The summed E-state index contributed by atoms with van der Waals surface area (Å²) in [5.74, 6) is -0.965. The van der Waals surface area contributed by atoms with Crippen LogP contribution in [-0.2, 0) is 13.0 Å². The molecule has 4 heteroatoms. The lowest BCUT2D eigenvalue weighted by atomic mass is 10.1. The summed E-state index contributed by atoms with van der Waals surface area (Å²) in [5.41, 5.74) is 2.24. The molecule has 0 saturated carbocycles. The number of halogens is 1. The molecule has 1 heterocycles. The number of carbonyl (C=O) groups is 1. The van der Waals surface area contributed by atoms with Crippen molar-refractivity contribution < 1.29 is 9.90 Å². The van der Waals surface area contributed by atoms with E-state index in [0.29, 0.717) is 5.15 Å². The van der Waals surface area contributed by atoms with Gasteiger partial charge in [-0.15, -0.1) is 0 Å². The van der Waals surface area contributed by atoms with Gasteiger partial charge in [0.15, 0.2) is 0 Å². The Labute approximate surface area is 111 Å². The second-order valence-corrected chi connectivity index (χ2v) is 4.69. The average molecular weight is 266 g/mol. The van der Waals surface area contributed by atoms with Gasteiger partial charge in [0.25, 0.3) is 0 Å². The van der Waals surface area contributed by atoms with Gasteiger partial charge in [0.05, 0.1) is 5.52 Å². The predicted octanol–water partition coefficient (Wildman–Crippen LogP) is 3.97. The van der Waals surface area contributed by atoms with Crippen LogP contribution in [0.5, 0.6) is 0 Å². The van der Waals surface area contributed by atoms with Crippen LogP contribution in [0.4, 0.5) is 0 Å². The van der Waals surface area contributed by atoms with Crippen LogP contribution in [0.2, 0.25) is 5.15 Å². The van der Waals surface area contributed by atoms with E-state index in [1.807, 2.05) is 36.6 Å². The SMILES string of the molecule is CCCn1c(Cl)c(C(=O)O)c2cc(CC)ccc21. The van der Waals surface area contributed by atoms with Gasteiger partial charge in [-0.25, -0.2) is 4.79 Å². The number of aromatic carboxylic acids is 1. The lowest BCUT2D eigenvalue weighted by Gasteiger charge is -2.04. The Morgan fingerprint density at radius 3 is 2.67 bits per heavy atom. The van der Waals surface area contributed by atoms with Crippen LogP contribution in [0.25, 0.3) is 10.9 Å². The summed E-state index contributed by atoms with van der Waals surface area (Å²) in [4.78, 5) is 11.4. The molecule has 1 aromatic heterocycles. The summed E-state index contributed by atoms with van der Waals surface area (Å²) in [6.07, 6.45) is 1.80. The number of aromatic nitrogens is 1. The fraction of sp³-hybridized carbons (Fsp3) is 0.357. The standard InChI is InChI=1S/C14H16ClNO2/c1-3-7-16-11-6-5-9(4-2)8-10(11)12(13(16)15)14(17)18/h5-6,8H,3-4,7H2,1-2H3,(H,17,18). The van der Waals surface area contributed by atoms with Gasteiger partial charge in [0.2, 0.25) is 0 Å². The summed E-state index contributed by atoms with van der Waals surface area (Å²) >= 11 is 6.20. The largest absolute Gasteiger partial charge is 0.478 e. The van der Waals surface area contributed by atoms with Crippen LogP contribution < -0.4 is 0 Å². The van der Waals surface area contributed by atoms with Crippen LogP contribution in [0, 0.1) is 0 Å². The van der Waals surface area contributed by atoms with Crippen molar-refractivity contribution in [2.24, 2.45) is 0 Å². The Morgan fingerprint density at radius 1 is 1.39 bits per heavy atom. The molecule has 96 valence electrons. The van der Waals surface area contributed by atoms with Crippen molar-refractivity contribution in [1.82, 2.24) is 4.57 Å². The predicted molar refractivity (Wildman–Crippen MR) is 73.6 cm³/mol. The van der Waals surface area contributed by atoms with Gasteiger partial charge < -0.3 is 9.67 Å². The molecule has 18 heavy (non-hydrogen) atoms. The molecule has 3 nitrogen and oxygen atoms in total. The maximum Gasteiger partial charge on any atom is 0.339 e. The Morgan fingerprint density at radius 2 is 2.11 bits per heavy atom. The van der Waals surface area contributed by atoms with Crippen molar-refractivity contribution in [3.05, 3.63) is 34.5 Å². The van der Waals surface area contributed by atoms with Gasteiger partial charge in [-0.2, -0.15) is 0 Å². The molecule has 2 aromatic rings. The van der Waals surface area contributed by atoms with Crippen molar-refractivity contribution in [2.75, 3.05) is 0 Å². The molecule has 2 rings (SSSR count). The van der Waals surface area contributed by atoms with Crippen molar-refractivity contribution >= 4 is 28.5 Å². The zero-order valence-corrected chi connectivity index (χ0v) is 11.3. The topological polar surface area (TPSA) is 42.2 Å². The number of aryl methyl sites for hydroxylation is 2. The monoisotopic (exact) mass is 265 g/mol. The molecule has 0 amide bonds. The number of nitrogens with zero attached hydrogens (tertiary/aromatic N) is 1. The Kier molecular flexibility index (Phi) is 3.62. The van der Waals surface area contributed by atoms with Crippen LogP contribution in [0.15, 0.2) is 18.2 Å². The summed E-state index contributed by atoms with van der Waals surface area (Å²) in [5, 5.41) is 10.4. The second kappa shape index (κ2) is 5.02. The van der Waals surface area contributed by atoms with Gasteiger partial charge in [-0.3, -0.25) is 0 Å². The third-order valence-electron chi connectivity index (χ3n) is 3.13. The first-order valence-electron chi connectivity index (χ1n) is 6.14. The number of benzene rings is 1.